The molecular weight excluding hydrogens is 182 g/mol. The van der Waals surface area contributed by atoms with Crippen LogP contribution in [0.25, 0.3) is 0 Å². The van der Waals surface area contributed by atoms with Gasteiger partial charge in [-0.05, 0) is 12.3 Å². The minimum Gasteiger partial charge on any atom is -0.271 e. The normalized spacial score (nSPS) is 14.5. The van der Waals surface area contributed by atoms with Gasteiger partial charge in [-0.15, -0.1) is 11.3 Å². The molecule has 0 aliphatic heterocycles. The smallest absolute Gasteiger partial charge is 0.0897 e. The van der Waals surface area contributed by atoms with Crippen molar-refractivity contribution in [3.63, 3.8) is 0 Å². The number of nitrogens with one attached hydrogen (secondary N) is 1. The van der Waals surface area contributed by atoms with Crippen molar-refractivity contribution >= 4 is 11.3 Å². The first kappa shape index (κ1) is 10.6. The number of thiazole rings is 1. The monoisotopic (exact) mass is 199 g/mol. The molecule has 0 radical (unpaired) electrons. The molecule has 0 aliphatic carbocycles. The molecule has 3 nitrogen and oxygen atoms in total. The van der Waals surface area contributed by atoms with Crippen LogP contribution >= 0.6 is 11.3 Å². The standard InChI is InChI=1S/C9H17N3S/c1-6-11-5-7(13-6)8(12-10)9(2,3)4/h5,8,12H,10H2,1-4H3. The van der Waals surface area contributed by atoms with Crippen LogP contribution in [0.3, 0.4) is 0 Å². The first-order chi connectivity index (χ1) is 5.95. The van der Waals surface area contributed by atoms with Crippen molar-refractivity contribution < 1.29 is 0 Å². The Morgan fingerprint density at radius 3 is 2.46 bits per heavy atom. The number of nitrogens with zero attached hydrogens (tertiary/aromatic N) is 1. The van der Waals surface area contributed by atoms with E-state index in [9.17, 15) is 0 Å². The van der Waals surface area contributed by atoms with Crippen molar-refractivity contribution in [2.75, 3.05) is 0 Å². The molecule has 3 N–H and O–H groups in total. The molecule has 74 valence electrons. The Labute approximate surface area is 83.3 Å². The quantitative estimate of drug-likeness (QED) is 0.566. The maximum Gasteiger partial charge on any atom is 0.0897 e. The lowest BCUT2D eigenvalue weighted by atomic mass is 9.86. The minimum atomic E-state index is 0.119. The summed E-state index contributed by atoms with van der Waals surface area (Å²) < 4.78 is 0. The fourth-order valence-electron chi connectivity index (χ4n) is 1.27. The van der Waals surface area contributed by atoms with Gasteiger partial charge in [-0.1, -0.05) is 20.8 Å². The third-order valence-electron chi connectivity index (χ3n) is 1.96. The van der Waals surface area contributed by atoms with Crippen molar-refractivity contribution in [2.45, 2.75) is 33.7 Å². The minimum absolute atomic E-state index is 0.119. The number of hydrogen-bond donors (Lipinski definition) is 2. The predicted octanol–water partition coefficient (Wildman–Crippen LogP) is 2.00. The van der Waals surface area contributed by atoms with Crippen molar-refractivity contribution in [3.05, 3.63) is 16.1 Å². The second-order valence-corrected chi connectivity index (χ2v) is 5.51. The summed E-state index contributed by atoms with van der Waals surface area (Å²) in [5, 5.41) is 1.08. The largest absolute Gasteiger partial charge is 0.271 e. The highest BCUT2D eigenvalue weighted by Gasteiger charge is 2.26. The Bertz CT molecular complexity index is 275. The van der Waals surface area contributed by atoms with E-state index in [0.717, 1.165) is 5.01 Å². The molecule has 13 heavy (non-hydrogen) atoms. The topological polar surface area (TPSA) is 50.9 Å². The number of hydrazine groups is 1. The van der Waals surface area contributed by atoms with Gasteiger partial charge in [-0.25, -0.2) is 4.98 Å². The molecule has 1 rings (SSSR count). The number of hydrogen-bond acceptors (Lipinski definition) is 4. The van der Waals surface area contributed by atoms with Crippen LogP contribution in [-0.2, 0) is 0 Å². The van der Waals surface area contributed by atoms with Gasteiger partial charge in [0.2, 0.25) is 0 Å². The molecule has 1 heterocycles. The lowest BCUT2D eigenvalue weighted by molar-refractivity contribution is 0.279. The molecule has 1 unspecified atom stereocenters. The zero-order valence-corrected chi connectivity index (χ0v) is 9.40. The summed E-state index contributed by atoms with van der Waals surface area (Å²) in [5.41, 5.74) is 2.96. The van der Waals surface area contributed by atoms with Gasteiger partial charge in [0.25, 0.3) is 0 Å². The Morgan fingerprint density at radius 1 is 1.54 bits per heavy atom. The van der Waals surface area contributed by atoms with Gasteiger partial charge in [-0.3, -0.25) is 11.3 Å². The molecule has 1 aromatic heterocycles. The van der Waals surface area contributed by atoms with Crippen molar-refractivity contribution in [1.29, 1.82) is 0 Å². The van der Waals surface area contributed by atoms with Gasteiger partial charge in [0.15, 0.2) is 0 Å². The van der Waals surface area contributed by atoms with Gasteiger partial charge >= 0.3 is 0 Å². The maximum atomic E-state index is 5.53. The zero-order valence-electron chi connectivity index (χ0n) is 8.59. The fourth-order valence-corrected chi connectivity index (χ4v) is 2.36. The first-order valence-electron chi connectivity index (χ1n) is 4.33. The van der Waals surface area contributed by atoms with Crippen molar-refractivity contribution in [1.82, 2.24) is 10.4 Å². The zero-order chi connectivity index (χ0) is 10.1. The Morgan fingerprint density at radius 2 is 2.15 bits per heavy atom. The molecular formula is C9H17N3S. The van der Waals surface area contributed by atoms with Crippen LogP contribution in [0.5, 0.6) is 0 Å². The van der Waals surface area contributed by atoms with Gasteiger partial charge in [0.1, 0.15) is 0 Å². The van der Waals surface area contributed by atoms with Crippen LogP contribution in [0.15, 0.2) is 6.20 Å². The van der Waals surface area contributed by atoms with E-state index in [-0.39, 0.29) is 11.5 Å². The average molecular weight is 199 g/mol. The lowest BCUT2D eigenvalue weighted by Crippen LogP contribution is -2.36. The highest BCUT2D eigenvalue weighted by atomic mass is 32.1. The summed E-state index contributed by atoms with van der Waals surface area (Å²) in [5.74, 6) is 5.53. The molecule has 0 bridgehead atoms. The highest BCUT2D eigenvalue weighted by molar-refractivity contribution is 7.11. The number of nitrogens with two attached hydrogens (primary N) is 1. The van der Waals surface area contributed by atoms with Crippen LogP contribution < -0.4 is 11.3 Å². The van der Waals surface area contributed by atoms with E-state index in [1.54, 1.807) is 11.3 Å². The van der Waals surface area contributed by atoms with Gasteiger partial charge in [0, 0.05) is 11.1 Å². The van der Waals surface area contributed by atoms with Crippen LogP contribution in [0.2, 0.25) is 0 Å². The van der Waals surface area contributed by atoms with Crippen LogP contribution in [0.4, 0.5) is 0 Å². The molecule has 4 heteroatoms. The summed E-state index contributed by atoms with van der Waals surface area (Å²) in [4.78, 5) is 5.42. The van der Waals surface area contributed by atoms with Gasteiger partial charge in [0.05, 0.1) is 11.0 Å². The number of aryl methyl sites for hydroxylation is 1. The Kier molecular flexibility index (Phi) is 3.05. The Balaban J connectivity index is 2.91. The van der Waals surface area contributed by atoms with Crippen molar-refractivity contribution in [3.8, 4) is 0 Å². The highest BCUT2D eigenvalue weighted by Crippen LogP contribution is 2.34. The molecule has 0 saturated carbocycles. The summed E-state index contributed by atoms with van der Waals surface area (Å²) >= 11 is 1.69. The van der Waals surface area contributed by atoms with Crippen molar-refractivity contribution in [2.24, 2.45) is 11.3 Å². The van der Waals surface area contributed by atoms with Gasteiger partial charge < -0.3 is 0 Å². The van der Waals surface area contributed by atoms with E-state index in [0.29, 0.717) is 0 Å². The van der Waals surface area contributed by atoms with E-state index >= 15 is 0 Å². The third kappa shape index (κ3) is 2.49. The predicted molar refractivity (Wildman–Crippen MR) is 56.4 cm³/mol. The van der Waals surface area contributed by atoms with E-state index in [1.165, 1.54) is 4.88 Å². The SMILES string of the molecule is Cc1ncc(C(NN)C(C)(C)C)s1. The van der Waals surface area contributed by atoms with E-state index < -0.39 is 0 Å². The first-order valence-corrected chi connectivity index (χ1v) is 5.15. The maximum absolute atomic E-state index is 5.53. The number of rotatable bonds is 2. The second kappa shape index (κ2) is 3.74. The summed E-state index contributed by atoms with van der Waals surface area (Å²) in [6.07, 6.45) is 1.90. The molecule has 0 saturated heterocycles. The molecule has 0 aliphatic rings. The third-order valence-corrected chi connectivity index (χ3v) is 2.93. The number of aromatic nitrogens is 1. The van der Waals surface area contributed by atoms with E-state index in [2.05, 4.69) is 31.2 Å². The molecule has 0 spiro atoms. The van der Waals surface area contributed by atoms with E-state index in [1.807, 2.05) is 13.1 Å². The van der Waals surface area contributed by atoms with Crippen LogP contribution in [-0.4, -0.2) is 4.98 Å². The lowest BCUT2D eigenvalue weighted by Gasteiger charge is -2.28. The summed E-state index contributed by atoms with van der Waals surface area (Å²) in [6, 6.07) is 0.179. The molecule has 0 aromatic carbocycles. The molecule has 1 atom stereocenters. The van der Waals surface area contributed by atoms with E-state index in [4.69, 9.17) is 5.84 Å². The molecule has 0 amide bonds. The molecule has 0 fully saturated rings. The van der Waals surface area contributed by atoms with Crippen LogP contribution in [0.1, 0.15) is 36.7 Å². The summed E-state index contributed by atoms with van der Waals surface area (Å²) in [7, 11) is 0. The average Bonchev–Trinajstić information content (AvgIpc) is 2.34. The Hall–Kier alpha value is -0.450. The fraction of sp³-hybridized carbons (Fsp3) is 0.667. The van der Waals surface area contributed by atoms with Crippen LogP contribution in [0, 0.1) is 12.3 Å². The van der Waals surface area contributed by atoms with Gasteiger partial charge in [-0.2, -0.15) is 0 Å². The molecule has 1 aromatic rings. The second-order valence-electron chi connectivity index (χ2n) is 4.25. The summed E-state index contributed by atoms with van der Waals surface area (Å²) in [6.45, 7) is 8.48.